The Morgan fingerprint density at radius 2 is 1.62 bits per heavy atom. The largest absolute Gasteiger partial charge is 0.388 e. The van der Waals surface area contributed by atoms with E-state index in [-0.39, 0.29) is 18.1 Å². The molecule has 2 heteroatoms. The molecule has 2 nitrogen and oxygen atoms in total. The predicted octanol–water partition coefficient (Wildman–Crippen LogP) is 3.63. The maximum absolute atomic E-state index is 10.4. The number of aliphatic hydroxyl groups is 1. The molecule has 1 aliphatic rings. The molecule has 0 bridgehead atoms. The van der Waals surface area contributed by atoms with Crippen LogP contribution in [0.15, 0.2) is 54.6 Å². The van der Waals surface area contributed by atoms with Crippen LogP contribution in [-0.2, 0) is 6.42 Å². The zero-order valence-corrected chi connectivity index (χ0v) is 12.7. The number of nitrogens with one attached hydrogen (secondary N) is 1. The molecule has 110 valence electrons. The first-order valence-electron chi connectivity index (χ1n) is 7.73. The van der Waals surface area contributed by atoms with Crippen molar-refractivity contribution in [3.8, 4) is 0 Å². The van der Waals surface area contributed by atoms with Gasteiger partial charge in [-0.2, -0.15) is 0 Å². The highest BCUT2D eigenvalue weighted by atomic mass is 16.3. The smallest absolute Gasteiger partial charge is 0.0836 e. The molecule has 0 amide bonds. The summed E-state index contributed by atoms with van der Waals surface area (Å²) in [7, 11) is 0. The van der Waals surface area contributed by atoms with Crippen molar-refractivity contribution in [2.24, 2.45) is 5.92 Å². The molecule has 0 heterocycles. The summed E-state index contributed by atoms with van der Waals surface area (Å²) in [6.45, 7) is 4.34. The minimum absolute atomic E-state index is 0.209. The summed E-state index contributed by atoms with van der Waals surface area (Å²) in [5, 5.41) is 14.1. The van der Waals surface area contributed by atoms with E-state index in [4.69, 9.17) is 0 Å². The molecule has 3 rings (SSSR count). The van der Waals surface area contributed by atoms with Crippen LogP contribution in [0, 0.1) is 5.92 Å². The Morgan fingerprint density at radius 3 is 2.33 bits per heavy atom. The molecule has 2 aromatic rings. The molecule has 2 N–H and O–H groups in total. The Bertz CT molecular complexity index is 596. The lowest BCUT2D eigenvalue weighted by molar-refractivity contribution is 0.112. The fourth-order valence-corrected chi connectivity index (χ4v) is 3.39. The van der Waals surface area contributed by atoms with Crippen LogP contribution < -0.4 is 5.32 Å². The van der Waals surface area contributed by atoms with Crippen molar-refractivity contribution in [1.29, 1.82) is 0 Å². The third-order valence-corrected chi connectivity index (χ3v) is 4.52. The van der Waals surface area contributed by atoms with E-state index in [1.54, 1.807) is 0 Å². The average molecular weight is 281 g/mol. The van der Waals surface area contributed by atoms with Gasteiger partial charge < -0.3 is 10.4 Å². The van der Waals surface area contributed by atoms with Gasteiger partial charge in [-0.3, -0.25) is 0 Å². The average Bonchev–Trinajstić information content (AvgIpc) is 2.74. The molecule has 4 unspecified atom stereocenters. The first-order chi connectivity index (χ1) is 10.2. The monoisotopic (exact) mass is 281 g/mol. The van der Waals surface area contributed by atoms with Gasteiger partial charge in [-0.25, -0.2) is 0 Å². The molecule has 0 spiro atoms. The summed E-state index contributed by atoms with van der Waals surface area (Å²) in [6.07, 6.45) is 0.644. The van der Waals surface area contributed by atoms with Crippen LogP contribution >= 0.6 is 0 Å². The van der Waals surface area contributed by atoms with E-state index >= 15 is 0 Å². The van der Waals surface area contributed by atoms with Crippen molar-refractivity contribution in [2.45, 2.75) is 38.5 Å². The van der Waals surface area contributed by atoms with Crippen molar-refractivity contribution in [3.63, 3.8) is 0 Å². The van der Waals surface area contributed by atoms with Crippen LogP contribution in [0.5, 0.6) is 0 Å². The summed E-state index contributed by atoms with van der Waals surface area (Å²) >= 11 is 0. The van der Waals surface area contributed by atoms with Crippen LogP contribution in [0.4, 0.5) is 0 Å². The third kappa shape index (κ3) is 2.87. The zero-order chi connectivity index (χ0) is 14.8. The van der Waals surface area contributed by atoms with Gasteiger partial charge in [0.05, 0.1) is 6.10 Å². The van der Waals surface area contributed by atoms with Crippen molar-refractivity contribution >= 4 is 0 Å². The Labute approximate surface area is 126 Å². The molecule has 0 aromatic heterocycles. The van der Waals surface area contributed by atoms with Crippen molar-refractivity contribution in [3.05, 3.63) is 71.3 Å². The van der Waals surface area contributed by atoms with E-state index in [2.05, 4.69) is 55.6 Å². The molecule has 4 atom stereocenters. The Kier molecular flexibility index (Phi) is 4.09. The Morgan fingerprint density at radius 1 is 1.00 bits per heavy atom. The van der Waals surface area contributed by atoms with Crippen molar-refractivity contribution in [2.75, 3.05) is 0 Å². The van der Waals surface area contributed by atoms with Crippen LogP contribution in [0.1, 0.15) is 42.7 Å². The van der Waals surface area contributed by atoms with Crippen LogP contribution in [0.2, 0.25) is 0 Å². The zero-order valence-electron chi connectivity index (χ0n) is 12.7. The van der Waals surface area contributed by atoms with E-state index in [0.29, 0.717) is 6.04 Å². The number of benzene rings is 2. The molecule has 0 fully saturated rings. The third-order valence-electron chi connectivity index (χ3n) is 4.52. The summed E-state index contributed by atoms with van der Waals surface area (Å²) in [4.78, 5) is 0. The fourth-order valence-electron chi connectivity index (χ4n) is 3.39. The fraction of sp³-hybridized carbons (Fsp3) is 0.368. The summed E-state index contributed by atoms with van der Waals surface area (Å²) in [6, 6.07) is 19.4. The number of aliphatic hydroxyl groups excluding tert-OH is 1. The molecule has 0 saturated heterocycles. The molecule has 1 aliphatic carbocycles. The van der Waals surface area contributed by atoms with Crippen LogP contribution in [-0.4, -0.2) is 11.1 Å². The van der Waals surface area contributed by atoms with Gasteiger partial charge >= 0.3 is 0 Å². The molecular weight excluding hydrogens is 258 g/mol. The minimum atomic E-state index is -0.359. The summed E-state index contributed by atoms with van der Waals surface area (Å²) < 4.78 is 0. The van der Waals surface area contributed by atoms with E-state index in [0.717, 1.165) is 12.0 Å². The summed E-state index contributed by atoms with van der Waals surface area (Å²) in [5.74, 6) is 0.209. The maximum Gasteiger partial charge on any atom is 0.0836 e. The second-order valence-corrected chi connectivity index (χ2v) is 6.17. The second kappa shape index (κ2) is 6.00. The predicted molar refractivity (Wildman–Crippen MR) is 86.1 cm³/mol. The lowest BCUT2D eigenvalue weighted by atomic mass is 9.99. The molecular formula is C19H23NO. The molecule has 21 heavy (non-hydrogen) atoms. The second-order valence-electron chi connectivity index (χ2n) is 6.17. The first kappa shape index (κ1) is 14.3. The van der Waals surface area contributed by atoms with Gasteiger partial charge in [0, 0.05) is 18.0 Å². The van der Waals surface area contributed by atoms with Crippen molar-refractivity contribution in [1.82, 2.24) is 5.32 Å². The number of hydrogen-bond acceptors (Lipinski definition) is 2. The first-order valence-corrected chi connectivity index (χ1v) is 7.73. The molecule has 0 aliphatic heterocycles. The lowest BCUT2D eigenvalue weighted by Crippen LogP contribution is -2.34. The lowest BCUT2D eigenvalue weighted by Gasteiger charge is -2.24. The van der Waals surface area contributed by atoms with Gasteiger partial charge in [-0.15, -0.1) is 0 Å². The van der Waals surface area contributed by atoms with Crippen molar-refractivity contribution < 1.29 is 5.11 Å². The van der Waals surface area contributed by atoms with E-state index in [1.807, 2.05) is 18.2 Å². The van der Waals surface area contributed by atoms with E-state index < -0.39 is 0 Å². The number of fused-ring (bicyclic) bond motifs is 1. The number of hydrogen-bond donors (Lipinski definition) is 2. The van der Waals surface area contributed by atoms with Gasteiger partial charge in [0.15, 0.2) is 0 Å². The SMILES string of the molecule is CC(Cc1ccccc1)NC1c2ccccc2C(O)C1C. The Balaban J connectivity index is 1.73. The molecule has 2 aromatic carbocycles. The standard InChI is InChI=1S/C19H23NO/c1-13(12-15-8-4-3-5-9-15)20-18-14(2)19(21)17-11-7-6-10-16(17)18/h3-11,13-14,18-21H,12H2,1-2H3. The highest BCUT2D eigenvalue weighted by molar-refractivity contribution is 5.37. The molecule has 0 saturated carbocycles. The van der Waals surface area contributed by atoms with Gasteiger partial charge in [0.25, 0.3) is 0 Å². The van der Waals surface area contributed by atoms with Gasteiger partial charge in [-0.05, 0) is 30.0 Å². The molecule has 0 radical (unpaired) electrons. The van der Waals surface area contributed by atoms with E-state index in [9.17, 15) is 5.11 Å². The highest BCUT2D eigenvalue weighted by Gasteiger charge is 2.36. The normalized spacial score (nSPS) is 25.6. The van der Waals surface area contributed by atoms with Crippen LogP contribution in [0.25, 0.3) is 0 Å². The van der Waals surface area contributed by atoms with Crippen LogP contribution in [0.3, 0.4) is 0 Å². The Hall–Kier alpha value is -1.64. The topological polar surface area (TPSA) is 32.3 Å². The van der Waals surface area contributed by atoms with Gasteiger partial charge in [0.1, 0.15) is 0 Å². The highest BCUT2D eigenvalue weighted by Crippen LogP contribution is 2.43. The summed E-state index contributed by atoms with van der Waals surface area (Å²) in [5.41, 5.74) is 3.67. The van der Waals surface area contributed by atoms with Gasteiger partial charge in [-0.1, -0.05) is 61.5 Å². The number of rotatable bonds is 4. The quantitative estimate of drug-likeness (QED) is 0.897. The van der Waals surface area contributed by atoms with E-state index in [1.165, 1.54) is 11.1 Å². The maximum atomic E-state index is 10.4. The van der Waals surface area contributed by atoms with Gasteiger partial charge in [0.2, 0.25) is 0 Å². The minimum Gasteiger partial charge on any atom is -0.388 e.